The second-order valence-electron chi connectivity index (χ2n) is 7.37. The second kappa shape index (κ2) is 9.69. The zero-order chi connectivity index (χ0) is 20.9. The number of aryl methyl sites for hydroxylation is 1. The maximum atomic E-state index is 12.3. The molecule has 2 N–H and O–H groups in total. The number of carbonyl (C=O) groups is 1. The Labute approximate surface area is 185 Å². The number of hydrogen-bond acceptors (Lipinski definition) is 4. The summed E-state index contributed by atoms with van der Waals surface area (Å²) >= 11 is 7.48. The molecule has 0 unspecified atom stereocenters. The van der Waals surface area contributed by atoms with Crippen molar-refractivity contribution in [3.63, 3.8) is 0 Å². The molecule has 2 heterocycles. The van der Waals surface area contributed by atoms with Gasteiger partial charge in [0.1, 0.15) is 10.9 Å². The van der Waals surface area contributed by atoms with E-state index >= 15 is 0 Å². The number of thioether (sulfide) groups is 1. The van der Waals surface area contributed by atoms with E-state index in [0.29, 0.717) is 17.3 Å². The van der Waals surface area contributed by atoms with E-state index in [-0.39, 0.29) is 12.0 Å². The van der Waals surface area contributed by atoms with E-state index in [2.05, 4.69) is 29.4 Å². The van der Waals surface area contributed by atoms with Gasteiger partial charge in [0, 0.05) is 29.3 Å². The summed E-state index contributed by atoms with van der Waals surface area (Å²) in [5, 5.41) is 4.44. The van der Waals surface area contributed by atoms with E-state index in [1.54, 1.807) is 0 Å². The molecule has 5 nitrogen and oxygen atoms in total. The predicted molar refractivity (Wildman–Crippen MR) is 122 cm³/mol. The number of nitrogens with zero attached hydrogens (tertiary/aromatic N) is 1. The van der Waals surface area contributed by atoms with Crippen LogP contribution in [0.5, 0.6) is 0 Å². The third-order valence-electron chi connectivity index (χ3n) is 5.02. The highest BCUT2D eigenvalue weighted by Crippen LogP contribution is 2.33. The van der Waals surface area contributed by atoms with Gasteiger partial charge in [-0.25, -0.2) is 4.98 Å². The number of ether oxygens (including phenoxy) is 1. The van der Waals surface area contributed by atoms with Crippen LogP contribution in [0, 0.1) is 6.92 Å². The topological polar surface area (TPSA) is 67.0 Å². The average molecular weight is 442 g/mol. The highest BCUT2D eigenvalue weighted by atomic mass is 35.5. The van der Waals surface area contributed by atoms with Crippen LogP contribution in [-0.2, 0) is 9.53 Å². The monoisotopic (exact) mass is 441 g/mol. The Kier molecular flexibility index (Phi) is 6.77. The summed E-state index contributed by atoms with van der Waals surface area (Å²) in [6, 6.07) is 15.8. The van der Waals surface area contributed by atoms with E-state index < -0.39 is 0 Å². The van der Waals surface area contributed by atoms with Crippen molar-refractivity contribution in [2.45, 2.75) is 30.9 Å². The minimum Gasteiger partial charge on any atom is -0.376 e. The first kappa shape index (κ1) is 21.0. The Morgan fingerprint density at radius 1 is 1.20 bits per heavy atom. The maximum Gasteiger partial charge on any atom is 0.230 e. The largest absolute Gasteiger partial charge is 0.376 e. The van der Waals surface area contributed by atoms with Crippen LogP contribution < -0.4 is 5.32 Å². The molecular weight excluding hydrogens is 418 g/mol. The van der Waals surface area contributed by atoms with Gasteiger partial charge in [-0.2, -0.15) is 0 Å². The Balaban J connectivity index is 1.51. The number of nitrogens with one attached hydrogen (secondary N) is 2. The molecule has 0 radical (unpaired) electrons. The number of aromatic amines is 1. The molecular formula is C23H24ClN3O2S. The third-order valence-corrected chi connectivity index (χ3v) is 6.25. The van der Waals surface area contributed by atoms with Crippen molar-refractivity contribution >= 4 is 29.3 Å². The summed E-state index contributed by atoms with van der Waals surface area (Å²) in [5.74, 6) is 1.06. The van der Waals surface area contributed by atoms with Gasteiger partial charge in [-0.3, -0.25) is 4.79 Å². The number of benzene rings is 2. The number of halogens is 1. The Morgan fingerprint density at radius 2 is 1.93 bits per heavy atom. The van der Waals surface area contributed by atoms with Gasteiger partial charge in [0.25, 0.3) is 0 Å². The van der Waals surface area contributed by atoms with Crippen molar-refractivity contribution in [3.8, 4) is 22.6 Å². The SMILES string of the molecule is Cc1ccc(-c2nc(SCC(=O)NC[C@@H]3CCCO3)c(-c3ccc(Cl)cc3)[nH]2)cc1. The van der Waals surface area contributed by atoms with Crippen LogP contribution in [0.4, 0.5) is 0 Å². The van der Waals surface area contributed by atoms with Gasteiger partial charge < -0.3 is 15.0 Å². The number of aromatic nitrogens is 2. The quantitative estimate of drug-likeness (QED) is 0.501. The fourth-order valence-electron chi connectivity index (χ4n) is 3.34. The van der Waals surface area contributed by atoms with E-state index in [0.717, 1.165) is 47.1 Å². The molecule has 1 fully saturated rings. The number of amides is 1. The molecule has 1 aromatic heterocycles. The lowest BCUT2D eigenvalue weighted by molar-refractivity contribution is -0.119. The minimum atomic E-state index is -0.0163. The smallest absolute Gasteiger partial charge is 0.230 e. The summed E-state index contributed by atoms with van der Waals surface area (Å²) in [6.07, 6.45) is 2.21. The van der Waals surface area contributed by atoms with Crippen molar-refractivity contribution < 1.29 is 9.53 Å². The molecule has 4 rings (SSSR count). The summed E-state index contributed by atoms with van der Waals surface area (Å²) in [5.41, 5.74) is 4.07. The standard InChI is InChI=1S/C23H24ClN3O2S/c1-15-4-6-17(7-5-15)22-26-21(16-8-10-18(24)11-9-16)23(27-22)30-14-20(28)25-13-19-3-2-12-29-19/h4-11,19H,2-3,12-14H2,1H3,(H,25,28)(H,26,27)/t19-/m0/s1. The summed E-state index contributed by atoms with van der Waals surface area (Å²) in [6.45, 7) is 3.41. The van der Waals surface area contributed by atoms with Crippen LogP contribution >= 0.6 is 23.4 Å². The molecule has 0 spiro atoms. The molecule has 3 aromatic rings. The fraction of sp³-hybridized carbons (Fsp3) is 0.304. The van der Waals surface area contributed by atoms with Crippen molar-refractivity contribution in [2.24, 2.45) is 0 Å². The summed E-state index contributed by atoms with van der Waals surface area (Å²) in [7, 11) is 0. The Morgan fingerprint density at radius 3 is 2.63 bits per heavy atom. The molecule has 0 aliphatic carbocycles. The van der Waals surface area contributed by atoms with E-state index in [4.69, 9.17) is 21.3 Å². The van der Waals surface area contributed by atoms with Crippen LogP contribution in [0.3, 0.4) is 0 Å². The van der Waals surface area contributed by atoms with Gasteiger partial charge >= 0.3 is 0 Å². The van der Waals surface area contributed by atoms with E-state index in [1.807, 2.05) is 36.4 Å². The number of rotatable bonds is 7. The lowest BCUT2D eigenvalue weighted by Crippen LogP contribution is -2.32. The lowest BCUT2D eigenvalue weighted by atomic mass is 10.1. The molecule has 156 valence electrons. The summed E-state index contributed by atoms with van der Waals surface area (Å²) < 4.78 is 5.56. The zero-order valence-electron chi connectivity index (χ0n) is 16.8. The van der Waals surface area contributed by atoms with Crippen LogP contribution in [0.2, 0.25) is 5.02 Å². The first-order valence-electron chi connectivity index (χ1n) is 10.0. The molecule has 1 aliphatic rings. The molecule has 1 amide bonds. The van der Waals surface area contributed by atoms with Gasteiger partial charge in [0.15, 0.2) is 0 Å². The number of imidazole rings is 1. The average Bonchev–Trinajstić information content (AvgIpc) is 3.42. The molecule has 0 bridgehead atoms. The number of H-pyrrole nitrogens is 1. The predicted octanol–water partition coefficient (Wildman–Crippen LogP) is 5.09. The second-order valence-corrected chi connectivity index (χ2v) is 8.77. The van der Waals surface area contributed by atoms with E-state index in [9.17, 15) is 4.79 Å². The highest BCUT2D eigenvalue weighted by Gasteiger charge is 2.18. The summed E-state index contributed by atoms with van der Waals surface area (Å²) in [4.78, 5) is 20.6. The Hall–Kier alpha value is -2.28. The Bertz CT molecular complexity index is 996. The molecule has 2 aromatic carbocycles. The molecule has 0 saturated carbocycles. The minimum absolute atomic E-state index is 0.0163. The molecule has 1 saturated heterocycles. The highest BCUT2D eigenvalue weighted by molar-refractivity contribution is 8.00. The molecule has 1 aliphatic heterocycles. The van der Waals surface area contributed by atoms with Gasteiger partial charge in [-0.05, 0) is 31.9 Å². The number of carbonyl (C=O) groups excluding carboxylic acids is 1. The van der Waals surface area contributed by atoms with Crippen molar-refractivity contribution in [1.82, 2.24) is 15.3 Å². The first-order chi connectivity index (χ1) is 14.6. The first-order valence-corrected chi connectivity index (χ1v) is 11.4. The maximum absolute atomic E-state index is 12.3. The van der Waals surface area contributed by atoms with Crippen molar-refractivity contribution in [1.29, 1.82) is 0 Å². The van der Waals surface area contributed by atoms with E-state index in [1.165, 1.54) is 17.3 Å². The van der Waals surface area contributed by atoms with Gasteiger partial charge in [-0.15, -0.1) is 0 Å². The zero-order valence-corrected chi connectivity index (χ0v) is 18.4. The third kappa shape index (κ3) is 5.25. The van der Waals surface area contributed by atoms with Crippen molar-refractivity contribution in [2.75, 3.05) is 18.9 Å². The lowest BCUT2D eigenvalue weighted by Gasteiger charge is -2.10. The van der Waals surface area contributed by atoms with Gasteiger partial charge in [0.2, 0.25) is 5.91 Å². The van der Waals surface area contributed by atoms with Crippen LogP contribution in [-0.4, -0.2) is 40.9 Å². The molecule has 30 heavy (non-hydrogen) atoms. The van der Waals surface area contributed by atoms with Crippen LogP contribution in [0.25, 0.3) is 22.6 Å². The molecule has 7 heteroatoms. The normalized spacial score (nSPS) is 16.0. The van der Waals surface area contributed by atoms with Crippen LogP contribution in [0.15, 0.2) is 53.6 Å². The number of hydrogen-bond donors (Lipinski definition) is 2. The van der Waals surface area contributed by atoms with Gasteiger partial charge in [-0.1, -0.05) is 65.3 Å². The van der Waals surface area contributed by atoms with Gasteiger partial charge in [0.05, 0.1) is 17.6 Å². The molecule has 1 atom stereocenters. The fourth-order valence-corrected chi connectivity index (χ4v) is 4.30. The van der Waals surface area contributed by atoms with Crippen molar-refractivity contribution in [3.05, 3.63) is 59.1 Å². The van der Waals surface area contributed by atoms with Crippen LogP contribution in [0.1, 0.15) is 18.4 Å².